The quantitative estimate of drug-likeness (QED) is 0.266. The van der Waals surface area contributed by atoms with Crippen molar-refractivity contribution in [2.24, 2.45) is 0 Å². The van der Waals surface area contributed by atoms with Gasteiger partial charge in [-0.1, -0.05) is 47.6 Å². The average Bonchev–Trinajstić information content (AvgIpc) is 3.30. The Kier molecular flexibility index (Phi) is 7.55. The molecule has 0 aliphatic rings. The Morgan fingerprint density at radius 1 is 0.973 bits per heavy atom. The van der Waals surface area contributed by atoms with E-state index in [1.165, 1.54) is 17.2 Å². The fraction of sp³-hybridized carbons (Fsp3) is 0.300. The van der Waals surface area contributed by atoms with E-state index in [9.17, 15) is 9.18 Å². The molecule has 0 atom stereocenters. The lowest BCUT2D eigenvalue weighted by Gasteiger charge is -2.22. The van der Waals surface area contributed by atoms with Gasteiger partial charge >= 0.3 is 5.97 Å². The molecule has 0 N–H and O–H groups in total. The van der Waals surface area contributed by atoms with Gasteiger partial charge in [0.15, 0.2) is 0 Å². The number of benzene rings is 3. The first-order valence-electron chi connectivity index (χ1n) is 12.2. The smallest absolute Gasteiger partial charge is 0.320 e. The maximum atomic E-state index is 14.9. The van der Waals surface area contributed by atoms with Crippen LogP contribution in [0.2, 0.25) is 0 Å². The van der Waals surface area contributed by atoms with Crippen LogP contribution < -0.4 is 0 Å². The van der Waals surface area contributed by atoms with Crippen molar-refractivity contribution in [2.75, 3.05) is 13.6 Å². The number of carbonyl (C=O) groups is 1. The van der Waals surface area contributed by atoms with Crippen LogP contribution in [-0.2, 0) is 16.1 Å². The Balaban J connectivity index is 1.47. The van der Waals surface area contributed by atoms with Crippen LogP contribution in [0.5, 0.6) is 0 Å². The monoisotopic (exact) mass is 501 g/mol. The first-order chi connectivity index (χ1) is 17.5. The average molecular weight is 502 g/mol. The molecule has 0 unspecified atom stereocenters. The number of hydrogen-bond donors (Lipinski definition) is 0. The summed E-state index contributed by atoms with van der Waals surface area (Å²) in [5, 5.41) is 4.07. The molecule has 0 spiro atoms. The third-order valence-electron chi connectivity index (χ3n) is 5.91. The molecule has 0 aliphatic heterocycles. The molecular weight excluding hydrogens is 469 g/mol. The van der Waals surface area contributed by atoms with Crippen molar-refractivity contribution < 1.29 is 18.4 Å². The number of ether oxygens (including phenoxy) is 1. The molecule has 37 heavy (non-hydrogen) atoms. The molecule has 6 nitrogen and oxygen atoms in total. The van der Waals surface area contributed by atoms with E-state index in [1.54, 1.807) is 24.1 Å². The van der Waals surface area contributed by atoms with Gasteiger partial charge in [-0.25, -0.2) is 4.39 Å². The van der Waals surface area contributed by atoms with Crippen LogP contribution in [0.15, 0.2) is 65.2 Å². The van der Waals surface area contributed by atoms with E-state index in [0.717, 1.165) is 16.7 Å². The molecule has 4 aromatic rings. The molecule has 192 valence electrons. The van der Waals surface area contributed by atoms with Crippen LogP contribution in [0.3, 0.4) is 0 Å². The zero-order valence-corrected chi connectivity index (χ0v) is 22.1. The second-order valence-electron chi connectivity index (χ2n) is 10.3. The minimum Gasteiger partial charge on any atom is -0.459 e. The van der Waals surface area contributed by atoms with Crippen molar-refractivity contribution in [3.05, 3.63) is 83.2 Å². The van der Waals surface area contributed by atoms with E-state index in [0.29, 0.717) is 22.8 Å². The maximum Gasteiger partial charge on any atom is 0.320 e. The second kappa shape index (κ2) is 10.6. The number of rotatable bonds is 7. The largest absolute Gasteiger partial charge is 0.459 e. The number of likely N-dealkylation sites (N-methyl/N-ethyl adjacent to an activating group) is 1. The summed E-state index contributed by atoms with van der Waals surface area (Å²) >= 11 is 0. The summed E-state index contributed by atoms with van der Waals surface area (Å²) in [5.74, 6) is -0.0777. The summed E-state index contributed by atoms with van der Waals surface area (Å²) in [6.45, 7) is 9.91. The van der Waals surface area contributed by atoms with Gasteiger partial charge in [-0.05, 0) is 82.1 Å². The molecule has 1 heterocycles. The number of hydrogen-bond acceptors (Lipinski definition) is 6. The minimum absolute atomic E-state index is 0.0642. The molecule has 0 amide bonds. The van der Waals surface area contributed by atoms with Crippen molar-refractivity contribution in [3.8, 4) is 34.0 Å². The Morgan fingerprint density at radius 2 is 1.68 bits per heavy atom. The van der Waals surface area contributed by atoms with Gasteiger partial charge in [-0.2, -0.15) is 4.98 Å². The lowest BCUT2D eigenvalue weighted by Crippen LogP contribution is -2.32. The van der Waals surface area contributed by atoms with Crippen LogP contribution in [0, 0.1) is 19.7 Å². The normalized spacial score (nSPS) is 11.7. The van der Waals surface area contributed by atoms with E-state index in [4.69, 9.17) is 9.26 Å². The van der Waals surface area contributed by atoms with Crippen LogP contribution >= 0.6 is 0 Å². The van der Waals surface area contributed by atoms with E-state index >= 15 is 0 Å². The predicted octanol–water partition coefficient (Wildman–Crippen LogP) is 6.60. The predicted molar refractivity (Wildman–Crippen MR) is 142 cm³/mol. The van der Waals surface area contributed by atoms with Crippen LogP contribution in [0.1, 0.15) is 37.5 Å². The first-order valence-corrected chi connectivity index (χ1v) is 12.2. The minimum atomic E-state index is -0.560. The summed E-state index contributed by atoms with van der Waals surface area (Å²) in [7, 11) is 1.75. The van der Waals surface area contributed by atoms with Gasteiger partial charge in [-0.15, -0.1) is 0 Å². The Hall–Kier alpha value is -3.84. The molecule has 0 bridgehead atoms. The summed E-state index contributed by atoms with van der Waals surface area (Å²) in [4.78, 5) is 18.3. The number of halogens is 1. The first kappa shape index (κ1) is 26.2. The van der Waals surface area contributed by atoms with Crippen LogP contribution in [0.4, 0.5) is 4.39 Å². The highest BCUT2D eigenvalue weighted by molar-refractivity contribution is 5.74. The Morgan fingerprint density at radius 3 is 2.35 bits per heavy atom. The van der Waals surface area contributed by atoms with Gasteiger partial charge in [0.2, 0.25) is 5.82 Å². The van der Waals surface area contributed by atoms with E-state index in [-0.39, 0.29) is 19.1 Å². The highest BCUT2D eigenvalue weighted by atomic mass is 19.1. The summed E-state index contributed by atoms with van der Waals surface area (Å²) in [6, 6.07) is 19.1. The number of nitrogens with zero attached hydrogens (tertiary/aromatic N) is 3. The highest BCUT2D eigenvalue weighted by Gasteiger charge is 2.19. The molecule has 0 aliphatic carbocycles. The summed E-state index contributed by atoms with van der Waals surface area (Å²) in [5.41, 5.74) is 5.85. The molecule has 0 radical (unpaired) electrons. The van der Waals surface area contributed by atoms with Gasteiger partial charge in [-0.3, -0.25) is 9.69 Å². The van der Waals surface area contributed by atoms with Crippen LogP contribution in [0.25, 0.3) is 34.0 Å². The van der Waals surface area contributed by atoms with Gasteiger partial charge in [0.25, 0.3) is 5.89 Å². The van der Waals surface area contributed by atoms with Gasteiger partial charge in [0, 0.05) is 23.2 Å². The number of carbonyl (C=O) groups excluding carboxylic acids is 1. The standard InChI is InChI=1S/C30H32FN3O3/c1-19-9-7-8-10-24(19)25-14-13-22(15-20(25)2)29-32-28(33-37-29)21-11-12-23(26(31)16-21)17-34(6)18-27(35)36-30(3,4)5/h7-16H,17-18H2,1-6H3. The van der Waals surface area contributed by atoms with Crippen molar-refractivity contribution >= 4 is 5.97 Å². The summed E-state index contributed by atoms with van der Waals surface area (Å²) < 4.78 is 25.7. The van der Waals surface area contributed by atoms with E-state index < -0.39 is 11.4 Å². The number of aryl methyl sites for hydroxylation is 2. The van der Waals surface area contributed by atoms with E-state index in [1.807, 2.05) is 45.0 Å². The van der Waals surface area contributed by atoms with Crippen molar-refractivity contribution in [1.29, 1.82) is 0 Å². The SMILES string of the molecule is Cc1ccccc1-c1ccc(-c2nc(-c3ccc(CN(C)CC(=O)OC(C)(C)C)c(F)c3)no2)cc1C. The third-order valence-corrected chi connectivity index (χ3v) is 5.91. The topological polar surface area (TPSA) is 68.5 Å². The van der Waals surface area contributed by atoms with Crippen LogP contribution in [-0.4, -0.2) is 40.2 Å². The van der Waals surface area contributed by atoms with Gasteiger partial charge in [0.05, 0.1) is 6.54 Å². The highest BCUT2D eigenvalue weighted by Crippen LogP contribution is 2.31. The fourth-order valence-electron chi connectivity index (χ4n) is 4.19. The second-order valence-corrected chi connectivity index (χ2v) is 10.3. The molecular formula is C30H32FN3O3. The molecule has 0 saturated carbocycles. The zero-order valence-electron chi connectivity index (χ0n) is 22.1. The van der Waals surface area contributed by atoms with Gasteiger partial charge in [0.1, 0.15) is 11.4 Å². The van der Waals surface area contributed by atoms with Crippen molar-refractivity contribution in [3.63, 3.8) is 0 Å². The molecule has 0 saturated heterocycles. The molecule has 7 heteroatoms. The lowest BCUT2D eigenvalue weighted by molar-refractivity contribution is -0.155. The zero-order chi connectivity index (χ0) is 26.7. The Bertz CT molecular complexity index is 1420. The van der Waals surface area contributed by atoms with E-state index in [2.05, 4.69) is 42.2 Å². The number of aromatic nitrogens is 2. The number of esters is 1. The lowest BCUT2D eigenvalue weighted by atomic mass is 9.95. The molecule has 1 aromatic heterocycles. The van der Waals surface area contributed by atoms with Crippen molar-refractivity contribution in [1.82, 2.24) is 15.0 Å². The third kappa shape index (κ3) is 6.49. The molecule has 0 fully saturated rings. The fourth-order valence-corrected chi connectivity index (χ4v) is 4.19. The Labute approximate surface area is 217 Å². The van der Waals surface area contributed by atoms with Gasteiger partial charge < -0.3 is 9.26 Å². The maximum absolute atomic E-state index is 14.9. The summed E-state index contributed by atoms with van der Waals surface area (Å²) in [6.07, 6.45) is 0. The van der Waals surface area contributed by atoms with Crippen molar-refractivity contribution in [2.45, 2.75) is 46.8 Å². The molecule has 3 aromatic carbocycles. The molecule has 4 rings (SSSR count).